The van der Waals surface area contributed by atoms with Crippen molar-refractivity contribution in [2.24, 2.45) is 5.84 Å². The summed E-state index contributed by atoms with van der Waals surface area (Å²) in [6.07, 6.45) is 0. The Labute approximate surface area is 143 Å². The fraction of sp³-hybridized carbons (Fsp3) is 0.200. The van der Waals surface area contributed by atoms with Crippen molar-refractivity contribution in [3.63, 3.8) is 0 Å². The van der Waals surface area contributed by atoms with Crippen molar-refractivity contribution in [1.82, 2.24) is 9.99 Å². The highest BCUT2D eigenvalue weighted by atomic mass is 35.5. The Morgan fingerprint density at radius 2 is 1.96 bits per heavy atom. The predicted octanol–water partition coefficient (Wildman–Crippen LogP) is 1.20. The van der Waals surface area contributed by atoms with Crippen LogP contribution in [0.3, 0.4) is 0 Å². The third-order valence-electron chi connectivity index (χ3n) is 3.49. The number of halogens is 1. The van der Waals surface area contributed by atoms with Gasteiger partial charge in [0.1, 0.15) is 0 Å². The number of nitrogens with one attached hydrogen (secondary N) is 1. The molecular formula is C15H16ClN3O4S. The van der Waals surface area contributed by atoms with Gasteiger partial charge >= 0.3 is 0 Å². The molecule has 2 aromatic rings. The van der Waals surface area contributed by atoms with Gasteiger partial charge in [-0.3, -0.25) is 19.6 Å². The van der Waals surface area contributed by atoms with Gasteiger partial charge in [0.15, 0.2) is 9.84 Å². The maximum atomic E-state index is 12.5. The second-order valence-electron chi connectivity index (χ2n) is 5.05. The van der Waals surface area contributed by atoms with Gasteiger partial charge in [0.25, 0.3) is 11.5 Å². The number of sulfone groups is 1. The van der Waals surface area contributed by atoms with E-state index in [9.17, 15) is 18.0 Å². The molecule has 0 aliphatic carbocycles. The highest BCUT2D eigenvalue weighted by Gasteiger charge is 2.20. The summed E-state index contributed by atoms with van der Waals surface area (Å²) in [4.78, 5) is 24.1. The molecule has 1 aromatic carbocycles. The Morgan fingerprint density at radius 3 is 2.50 bits per heavy atom. The Balaban J connectivity index is 2.81. The number of aryl methyl sites for hydroxylation is 1. The van der Waals surface area contributed by atoms with E-state index in [0.717, 1.165) is 6.07 Å². The van der Waals surface area contributed by atoms with E-state index in [4.69, 9.17) is 17.4 Å². The highest BCUT2D eigenvalue weighted by molar-refractivity contribution is 7.91. The summed E-state index contributed by atoms with van der Waals surface area (Å²) in [5.41, 5.74) is 1.98. The fourth-order valence-electron chi connectivity index (χ4n) is 2.31. The number of rotatable bonds is 4. The fourth-order valence-corrected chi connectivity index (χ4v) is 3.53. The number of hydrogen-bond donors (Lipinski definition) is 2. The first kappa shape index (κ1) is 18.2. The Bertz CT molecular complexity index is 967. The maximum Gasteiger partial charge on any atom is 0.265 e. The zero-order valence-corrected chi connectivity index (χ0v) is 14.6. The van der Waals surface area contributed by atoms with Gasteiger partial charge in [-0.25, -0.2) is 14.3 Å². The Kier molecular flexibility index (Phi) is 5.12. The minimum Gasteiger partial charge on any atom is -0.290 e. The smallest absolute Gasteiger partial charge is 0.265 e. The minimum atomic E-state index is -3.58. The van der Waals surface area contributed by atoms with Crippen LogP contribution in [0.5, 0.6) is 0 Å². The molecule has 1 heterocycles. The number of carbonyl (C=O) groups excluding carboxylic acids is 1. The summed E-state index contributed by atoms with van der Waals surface area (Å²) in [5.74, 6) is 4.33. The van der Waals surface area contributed by atoms with Crippen LogP contribution >= 0.6 is 11.6 Å². The lowest BCUT2D eigenvalue weighted by Gasteiger charge is -2.15. The molecule has 0 saturated carbocycles. The number of nitrogens with zero attached hydrogens (tertiary/aromatic N) is 1. The van der Waals surface area contributed by atoms with Crippen molar-refractivity contribution in [1.29, 1.82) is 0 Å². The van der Waals surface area contributed by atoms with Gasteiger partial charge in [-0.2, -0.15) is 0 Å². The van der Waals surface area contributed by atoms with Crippen molar-refractivity contribution in [3.8, 4) is 5.69 Å². The van der Waals surface area contributed by atoms with Crippen LogP contribution in [-0.4, -0.2) is 24.6 Å². The summed E-state index contributed by atoms with van der Waals surface area (Å²) in [6.45, 7) is 3.09. The summed E-state index contributed by atoms with van der Waals surface area (Å²) in [5, 5.41) is 0.287. The summed E-state index contributed by atoms with van der Waals surface area (Å²) < 4.78 is 25.8. The van der Waals surface area contributed by atoms with Crippen LogP contribution in [0, 0.1) is 6.92 Å². The molecule has 0 aliphatic heterocycles. The molecular weight excluding hydrogens is 354 g/mol. The number of aromatic nitrogens is 1. The molecule has 3 N–H and O–H groups in total. The second kappa shape index (κ2) is 6.76. The van der Waals surface area contributed by atoms with E-state index in [0.29, 0.717) is 5.69 Å². The van der Waals surface area contributed by atoms with Crippen molar-refractivity contribution in [2.45, 2.75) is 18.7 Å². The van der Waals surface area contributed by atoms with Gasteiger partial charge in [-0.1, -0.05) is 18.5 Å². The predicted molar refractivity (Wildman–Crippen MR) is 91.2 cm³/mol. The molecule has 1 amide bonds. The molecule has 0 bridgehead atoms. The van der Waals surface area contributed by atoms with E-state index in [1.807, 2.05) is 5.43 Å². The largest absolute Gasteiger partial charge is 0.290 e. The van der Waals surface area contributed by atoms with Crippen LogP contribution in [0.2, 0.25) is 5.02 Å². The molecule has 0 fully saturated rings. The van der Waals surface area contributed by atoms with Gasteiger partial charge in [-0.05, 0) is 31.2 Å². The van der Waals surface area contributed by atoms with Gasteiger partial charge in [0.2, 0.25) is 0 Å². The number of benzene rings is 1. The first-order valence-corrected chi connectivity index (χ1v) is 9.01. The van der Waals surface area contributed by atoms with Crippen LogP contribution in [0.25, 0.3) is 5.69 Å². The number of hydrogen-bond acceptors (Lipinski definition) is 5. The number of pyridine rings is 1. The van der Waals surface area contributed by atoms with E-state index in [1.165, 1.54) is 35.8 Å². The molecule has 0 unspecified atom stereocenters. The van der Waals surface area contributed by atoms with Gasteiger partial charge in [-0.15, -0.1) is 0 Å². The monoisotopic (exact) mass is 369 g/mol. The van der Waals surface area contributed by atoms with E-state index in [-0.39, 0.29) is 26.9 Å². The molecule has 1 aromatic heterocycles. The van der Waals surface area contributed by atoms with Crippen LogP contribution in [0.4, 0.5) is 0 Å². The van der Waals surface area contributed by atoms with Crippen LogP contribution in [-0.2, 0) is 9.84 Å². The third kappa shape index (κ3) is 3.35. The van der Waals surface area contributed by atoms with Crippen molar-refractivity contribution < 1.29 is 13.2 Å². The lowest BCUT2D eigenvalue weighted by atomic mass is 10.2. The zero-order chi connectivity index (χ0) is 18.1. The van der Waals surface area contributed by atoms with E-state index in [2.05, 4.69) is 0 Å². The molecule has 9 heteroatoms. The third-order valence-corrected chi connectivity index (χ3v) is 5.50. The Hall–Kier alpha value is -2.16. The maximum absolute atomic E-state index is 12.5. The first-order valence-electron chi connectivity index (χ1n) is 6.98. The number of nitrogen functional groups attached to an aromatic ring is 1. The molecule has 0 spiro atoms. The normalized spacial score (nSPS) is 11.3. The number of hydrazine groups is 1. The zero-order valence-electron chi connectivity index (χ0n) is 13.0. The van der Waals surface area contributed by atoms with Gasteiger partial charge in [0.05, 0.1) is 16.3 Å². The number of nitrogens with two attached hydrogens (primary N) is 1. The quantitative estimate of drug-likeness (QED) is 0.478. The minimum absolute atomic E-state index is 0.00405. The summed E-state index contributed by atoms with van der Waals surface area (Å²) in [7, 11) is -3.58. The molecule has 0 saturated heterocycles. The van der Waals surface area contributed by atoms with Gasteiger partial charge < -0.3 is 0 Å². The molecule has 2 rings (SSSR count). The molecule has 0 atom stereocenters. The summed E-state index contributed by atoms with van der Waals surface area (Å²) in [6, 6.07) is 6.74. The average Bonchev–Trinajstić information content (AvgIpc) is 2.53. The molecule has 7 nitrogen and oxygen atoms in total. The summed E-state index contributed by atoms with van der Waals surface area (Å²) >= 11 is 5.98. The topological polar surface area (TPSA) is 111 Å². The van der Waals surface area contributed by atoms with Crippen LogP contribution in [0.1, 0.15) is 23.0 Å². The lowest BCUT2D eigenvalue weighted by Crippen LogP contribution is -2.32. The average molecular weight is 370 g/mol. The molecule has 0 aliphatic rings. The van der Waals surface area contributed by atoms with E-state index >= 15 is 0 Å². The van der Waals surface area contributed by atoms with Crippen LogP contribution in [0.15, 0.2) is 40.0 Å². The standard InChI is InChI=1S/C15H16ClN3O4S/c1-3-24(22,23)13-5-4-11(16)8-12(13)19-9(2)6-10(7-14(19)20)15(21)18-17/h4-8H,3,17H2,1-2H3,(H,18,21). The number of amides is 1. The van der Waals surface area contributed by atoms with E-state index in [1.54, 1.807) is 6.92 Å². The van der Waals surface area contributed by atoms with Crippen molar-refractivity contribution in [3.05, 3.63) is 57.0 Å². The molecule has 24 heavy (non-hydrogen) atoms. The van der Waals surface area contributed by atoms with E-state index < -0.39 is 21.3 Å². The first-order chi connectivity index (χ1) is 11.2. The Morgan fingerprint density at radius 1 is 1.29 bits per heavy atom. The molecule has 0 radical (unpaired) electrons. The van der Waals surface area contributed by atoms with Crippen molar-refractivity contribution in [2.75, 3.05) is 5.75 Å². The SMILES string of the molecule is CCS(=O)(=O)c1ccc(Cl)cc1-n1c(C)cc(C(=O)NN)cc1=O. The lowest BCUT2D eigenvalue weighted by molar-refractivity contribution is 0.0953. The highest BCUT2D eigenvalue weighted by Crippen LogP contribution is 2.25. The van der Waals surface area contributed by atoms with Gasteiger partial charge in [0, 0.05) is 22.3 Å². The number of carbonyl (C=O) groups is 1. The van der Waals surface area contributed by atoms with Crippen LogP contribution < -0.4 is 16.8 Å². The molecule has 128 valence electrons. The van der Waals surface area contributed by atoms with Crippen molar-refractivity contribution >= 4 is 27.3 Å². The second-order valence-corrected chi connectivity index (χ2v) is 7.73.